The molecule has 1 saturated carbocycles. The van der Waals surface area contributed by atoms with Crippen LogP contribution in [0, 0.1) is 32.1 Å². The van der Waals surface area contributed by atoms with E-state index < -0.39 is 10.7 Å². The molecule has 2 atom stereocenters. The number of aromatic nitrogens is 2. The van der Waals surface area contributed by atoms with Gasteiger partial charge in [-0.3, -0.25) is 9.69 Å². The van der Waals surface area contributed by atoms with Gasteiger partial charge in [0.05, 0.1) is 12.2 Å². The van der Waals surface area contributed by atoms with Crippen molar-refractivity contribution in [2.45, 2.75) is 90.6 Å². The zero-order valence-electron chi connectivity index (χ0n) is 27.8. The average molecular weight is 628 g/mol. The number of nitrogens with one attached hydrogen (secondary N) is 2. The summed E-state index contributed by atoms with van der Waals surface area (Å²) in [4.78, 5) is 27.7. The first-order chi connectivity index (χ1) is 21.7. The number of aryl methyl sites for hydroxylation is 2. The molecule has 2 N–H and O–H groups in total. The summed E-state index contributed by atoms with van der Waals surface area (Å²) < 4.78 is 10.3. The summed E-state index contributed by atoms with van der Waals surface area (Å²) in [7, 11) is -0.508. The van der Waals surface area contributed by atoms with Crippen molar-refractivity contribution in [2.75, 3.05) is 31.0 Å². The Hall–Kier alpha value is -3.07. The van der Waals surface area contributed by atoms with Gasteiger partial charge in [-0.15, -0.1) is 0 Å². The highest BCUT2D eigenvalue weighted by atomic mass is 32.2. The molecule has 0 amide bonds. The second-order valence-corrected chi connectivity index (χ2v) is 15.6. The van der Waals surface area contributed by atoms with Crippen LogP contribution in [0.15, 0.2) is 47.4 Å². The number of ether oxygens (including phenoxy) is 1. The summed E-state index contributed by atoms with van der Waals surface area (Å²) in [6, 6.07) is 15.0. The molecule has 1 spiro atoms. The summed E-state index contributed by atoms with van der Waals surface area (Å²) >= 11 is 0. The van der Waals surface area contributed by atoms with Gasteiger partial charge in [0.15, 0.2) is 5.78 Å². The average Bonchev–Trinajstić information content (AvgIpc) is 3.01. The minimum absolute atomic E-state index is 0.0946. The zero-order valence-corrected chi connectivity index (χ0v) is 28.6. The van der Waals surface area contributed by atoms with Crippen molar-refractivity contribution in [3.63, 3.8) is 0 Å². The molecule has 3 aromatic rings. The topological polar surface area (TPSA) is 79.4 Å². The standard InChI is InChI=1S/C37H49N5O2S/c1-7-45-31-13-9-12-28(19-31)32(43)22-42(30-20-37(21-30)14-16-38-17-15-37)29(18-24(2)3)23-44-35-27(6)34(39-36(40-35)41-45)33-25(4)10-8-11-26(33)5/h7-13,19,24,29-30,38H,14-18,20-23H2,1-6H3,(H,39,40,41)/t29-,45?/m1/s1. The van der Waals surface area contributed by atoms with E-state index >= 15 is 0 Å². The number of carbonyl (C=O) groups excluding carboxylic acids is 1. The lowest BCUT2D eigenvalue weighted by molar-refractivity contribution is -0.0463. The van der Waals surface area contributed by atoms with Gasteiger partial charge in [-0.2, -0.15) is 4.98 Å². The Morgan fingerprint density at radius 2 is 1.78 bits per heavy atom. The molecule has 3 aliphatic rings. The van der Waals surface area contributed by atoms with Gasteiger partial charge in [0.1, 0.15) is 6.61 Å². The monoisotopic (exact) mass is 627 g/mol. The lowest BCUT2D eigenvalue weighted by Crippen LogP contribution is -2.59. The van der Waals surface area contributed by atoms with Crippen molar-refractivity contribution >= 4 is 27.8 Å². The summed E-state index contributed by atoms with van der Waals surface area (Å²) in [5.41, 5.74) is 6.50. The molecule has 45 heavy (non-hydrogen) atoms. The van der Waals surface area contributed by atoms with Gasteiger partial charge < -0.3 is 14.8 Å². The molecule has 1 aliphatic carbocycles. The molecular weight excluding hydrogens is 579 g/mol. The summed E-state index contributed by atoms with van der Waals surface area (Å²) in [6.45, 7) is 16.0. The van der Waals surface area contributed by atoms with E-state index in [0.717, 1.165) is 59.6 Å². The van der Waals surface area contributed by atoms with Crippen LogP contribution in [0.5, 0.6) is 5.88 Å². The number of ketones is 1. The van der Waals surface area contributed by atoms with Crippen molar-refractivity contribution in [2.24, 2.45) is 11.3 Å². The fourth-order valence-electron chi connectivity index (χ4n) is 7.64. The molecule has 240 valence electrons. The van der Waals surface area contributed by atoms with Crippen LogP contribution < -0.4 is 14.8 Å². The molecule has 6 rings (SSSR count). The van der Waals surface area contributed by atoms with E-state index in [4.69, 9.17) is 14.7 Å². The highest BCUT2D eigenvalue weighted by molar-refractivity contribution is 8.16. The Bertz CT molecular complexity index is 1570. The van der Waals surface area contributed by atoms with Crippen molar-refractivity contribution < 1.29 is 9.53 Å². The second-order valence-electron chi connectivity index (χ2n) is 13.8. The number of hydrogen-bond acceptors (Lipinski definition) is 7. The normalized spacial score (nSPS) is 22.5. The van der Waals surface area contributed by atoms with Crippen molar-refractivity contribution in [3.8, 4) is 17.1 Å². The van der Waals surface area contributed by atoms with Crippen molar-refractivity contribution in [1.29, 1.82) is 0 Å². The van der Waals surface area contributed by atoms with E-state index in [9.17, 15) is 4.79 Å². The highest BCUT2D eigenvalue weighted by Crippen LogP contribution is 2.50. The number of nitrogens with zero attached hydrogens (tertiary/aromatic N) is 3. The third-order valence-corrected chi connectivity index (χ3v) is 11.7. The molecule has 2 aromatic carbocycles. The van der Waals surface area contributed by atoms with Crippen LogP contribution in [0.2, 0.25) is 0 Å². The molecule has 8 heteroatoms. The van der Waals surface area contributed by atoms with Gasteiger partial charge in [-0.1, -0.05) is 54.8 Å². The summed E-state index contributed by atoms with van der Waals surface area (Å²) in [5, 5.41) is 5.66. The number of anilines is 1. The molecule has 1 unspecified atom stereocenters. The van der Waals surface area contributed by atoms with E-state index in [-0.39, 0.29) is 11.8 Å². The maximum absolute atomic E-state index is 14.0. The molecule has 2 fully saturated rings. The Balaban J connectivity index is 1.45. The molecule has 7 nitrogen and oxygen atoms in total. The minimum atomic E-state index is -0.508. The first-order valence-electron chi connectivity index (χ1n) is 16.6. The second kappa shape index (κ2) is 13.3. The fraction of sp³-hybridized carbons (Fsp3) is 0.514. The molecule has 1 aromatic heterocycles. The third-order valence-electron chi connectivity index (χ3n) is 10.1. The Kier molecular flexibility index (Phi) is 9.46. The lowest BCUT2D eigenvalue weighted by atomic mass is 9.60. The van der Waals surface area contributed by atoms with Gasteiger partial charge in [-0.05, 0) is 113 Å². The van der Waals surface area contributed by atoms with Crippen LogP contribution in [0.4, 0.5) is 5.95 Å². The number of benzene rings is 2. The van der Waals surface area contributed by atoms with Crippen LogP contribution in [0.3, 0.4) is 0 Å². The predicted octanol–water partition coefficient (Wildman–Crippen LogP) is 7.37. The van der Waals surface area contributed by atoms with E-state index in [1.54, 1.807) is 0 Å². The SMILES string of the molecule is C/C=S1/Nc2nc(c(C)c(-c3c(C)cccc3C)n2)OC[C@@H](CC(C)C)N(C2CC3(CCNCC3)C2)CC(=O)c2cccc1c2. The van der Waals surface area contributed by atoms with Crippen LogP contribution >= 0.6 is 10.7 Å². The first kappa shape index (κ1) is 31.9. The lowest BCUT2D eigenvalue weighted by Gasteiger charge is -2.55. The van der Waals surface area contributed by atoms with Crippen LogP contribution in [-0.2, 0) is 0 Å². The number of rotatable bonds is 4. The quantitative estimate of drug-likeness (QED) is 0.293. The van der Waals surface area contributed by atoms with Crippen LogP contribution in [0.1, 0.15) is 79.9 Å². The number of fused-ring (bicyclic) bond motifs is 4. The van der Waals surface area contributed by atoms with E-state index in [2.05, 4.69) is 85.3 Å². The molecule has 3 heterocycles. The van der Waals surface area contributed by atoms with E-state index in [0.29, 0.717) is 42.4 Å². The van der Waals surface area contributed by atoms with Gasteiger partial charge in [0.25, 0.3) is 0 Å². The van der Waals surface area contributed by atoms with Crippen LogP contribution in [-0.4, -0.2) is 64.3 Å². The van der Waals surface area contributed by atoms with E-state index in [1.807, 2.05) is 19.1 Å². The zero-order chi connectivity index (χ0) is 31.7. The maximum Gasteiger partial charge on any atom is 0.236 e. The maximum atomic E-state index is 14.0. The fourth-order valence-corrected chi connectivity index (χ4v) is 8.92. The number of piperidine rings is 1. The van der Waals surface area contributed by atoms with Gasteiger partial charge in [-0.25, -0.2) is 4.98 Å². The van der Waals surface area contributed by atoms with Gasteiger partial charge in [0.2, 0.25) is 11.8 Å². The van der Waals surface area contributed by atoms with Crippen molar-refractivity contribution in [3.05, 3.63) is 64.7 Å². The number of hydrogen-bond donors (Lipinski definition) is 2. The minimum Gasteiger partial charge on any atom is -0.476 e. The molecule has 4 bridgehead atoms. The number of carbonyl (C=O) groups is 1. The third kappa shape index (κ3) is 6.74. The molecule has 2 aliphatic heterocycles. The van der Waals surface area contributed by atoms with Crippen molar-refractivity contribution in [1.82, 2.24) is 20.2 Å². The first-order valence-corrected chi connectivity index (χ1v) is 17.9. The Morgan fingerprint density at radius 3 is 2.47 bits per heavy atom. The Labute approximate surface area is 271 Å². The van der Waals surface area contributed by atoms with Gasteiger partial charge in [0, 0.05) is 33.7 Å². The largest absolute Gasteiger partial charge is 0.476 e. The summed E-state index contributed by atoms with van der Waals surface area (Å²) in [6.07, 6.45) is 5.72. The molecular formula is C37H49N5O2S. The Morgan fingerprint density at radius 1 is 1.07 bits per heavy atom. The smallest absolute Gasteiger partial charge is 0.236 e. The summed E-state index contributed by atoms with van der Waals surface area (Å²) in [5.74, 6) is 1.78. The predicted molar refractivity (Wildman–Crippen MR) is 187 cm³/mol. The molecule has 1 saturated heterocycles. The van der Waals surface area contributed by atoms with Crippen LogP contribution in [0.25, 0.3) is 11.3 Å². The number of Topliss-reactive ketones (excluding diaryl/α,β-unsaturated/α-hetero) is 1. The van der Waals surface area contributed by atoms with E-state index in [1.165, 1.54) is 24.0 Å². The molecule has 0 radical (unpaired) electrons. The highest BCUT2D eigenvalue weighted by Gasteiger charge is 2.48. The van der Waals surface area contributed by atoms with Gasteiger partial charge >= 0.3 is 0 Å².